The summed E-state index contributed by atoms with van der Waals surface area (Å²) in [6.07, 6.45) is 6.75. The number of fused-ring (bicyclic) bond motifs is 7. The van der Waals surface area contributed by atoms with Gasteiger partial charge in [0.15, 0.2) is 0 Å². The van der Waals surface area contributed by atoms with Crippen LogP contribution in [-0.4, -0.2) is 4.57 Å². The molecular formula is C53H40N2O. The van der Waals surface area contributed by atoms with E-state index < -0.39 is 0 Å². The summed E-state index contributed by atoms with van der Waals surface area (Å²) in [6.45, 7) is 4.70. The summed E-state index contributed by atoms with van der Waals surface area (Å²) in [6, 6.07) is 61.8. The molecule has 0 aliphatic heterocycles. The molecule has 0 saturated heterocycles. The lowest BCUT2D eigenvalue weighted by molar-refractivity contribution is 0.631. The number of hydrogen-bond acceptors (Lipinski definition) is 2. The number of hydrogen-bond donors (Lipinski definition) is 0. The molecule has 0 radical (unpaired) electrons. The molecule has 0 N–H and O–H groups in total. The molecule has 56 heavy (non-hydrogen) atoms. The van der Waals surface area contributed by atoms with Crippen molar-refractivity contribution < 1.29 is 4.42 Å². The Kier molecular flexibility index (Phi) is 7.34. The topological polar surface area (TPSA) is 21.3 Å². The molecule has 268 valence electrons. The molecule has 2 aliphatic carbocycles. The first kappa shape index (κ1) is 32.6. The average Bonchev–Trinajstić information content (AvgIpc) is 3.90. The minimum absolute atomic E-state index is 0.102. The third-order valence-corrected chi connectivity index (χ3v) is 12.1. The van der Waals surface area contributed by atoms with Gasteiger partial charge in [-0.05, 0) is 131 Å². The standard InChI is InChI=1S/C53H40N2O/c1-53(2)47-17-9-7-15-43(47)44-30-29-42(34-48(44)53)54(41-27-22-36(23-28-41)52-33-38-12-6-11-19-51(38)56-52)40-25-20-35(21-26-40)37-24-31-50-46(32-37)45-16-8-10-18-49(45)55(50)39-13-4-3-5-14-39/h3-9,11-17,19-34H,10,18H2,1-2H3. The predicted octanol–water partition coefficient (Wildman–Crippen LogP) is 14.4. The van der Waals surface area contributed by atoms with Crippen molar-refractivity contribution in [2.45, 2.75) is 32.1 Å². The van der Waals surface area contributed by atoms with Crippen LogP contribution in [0.1, 0.15) is 42.7 Å². The van der Waals surface area contributed by atoms with E-state index in [4.69, 9.17) is 4.42 Å². The normalized spacial score (nSPS) is 13.8. The summed E-state index contributed by atoms with van der Waals surface area (Å²) in [5.41, 5.74) is 18.2. The van der Waals surface area contributed by atoms with E-state index in [9.17, 15) is 0 Å². The summed E-state index contributed by atoms with van der Waals surface area (Å²) in [4.78, 5) is 2.38. The Bertz CT molecular complexity index is 2940. The molecule has 0 amide bonds. The number of rotatable bonds is 6. The van der Waals surface area contributed by atoms with Crippen molar-refractivity contribution in [1.29, 1.82) is 0 Å². The number of nitrogens with zero attached hydrogens (tertiary/aromatic N) is 2. The fourth-order valence-electron chi connectivity index (χ4n) is 9.25. The summed E-state index contributed by atoms with van der Waals surface area (Å²) in [5.74, 6) is 0.874. The second-order valence-electron chi connectivity index (χ2n) is 15.7. The van der Waals surface area contributed by atoms with Gasteiger partial charge in [-0.2, -0.15) is 0 Å². The Balaban J connectivity index is 1.00. The first-order chi connectivity index (χ1) is 27.5. The van der Waals surface area contributed by atoms with Gasteiger partial charge in [0.05, 0.1) is 5.52 Å². The maximum Gasteiger partial charge on any atom is 0.135 e. The number of benzene rings is 7. The Morgan fingerprint density at radius 3 is 2.05 bits per heavy atom. The van der Waals surface area contributed by atoms with Crippen molar-refractivity contribution in [2.24, 2.45) is 0 Å². The minimum atomic E-state index is -0.102. The van der Waals surface area contributed by atoms with Crippen molar-refractivity contribution in [1.82, 2.24) is 4.57 Å². The third kappa shape index (κ3) is 5.12. The van der Waals surface area contributed by atoms with E-state index in [1.165, 1.54) is 61.2 Å². The highest BCUT2D eigenvalue weighted by atomic mass is 16.3. The van der Waals surface area contributed by atoms with E-state index in [0.29, 0.717) is 0 Å². The summed E-state index contributed by atoms with van der Waals surface area (Å²) in [5, 5.41) is 2.41. The van der Waals surface area contributed by atoms with E-state index >= 15 is 0 Å². The van der Waals surface area contributed by atoms with Crippen LogP contribution in [0.5, 0.6) is 0 Å². The predicted molar refractivity (Wildman–Crippen MR) is 234 cm³/mol. The molecule has 0 saturated carbocycles. The smallest absolute Gasteiger partial charge is 0.135 e. The zero-order valence-corrected chi connectivity index (χ0v) is 31.5. The molecule has 9 aromatic rings. The SMILES string of the molecule is CC1(C)c2ccccc2-c2ccc(N(c3ccc(-c4ccc5c(c4)c4c(n5-c5ccccc5)CCC=C4)cc3)c3ccc(-c4cc5ccccc5o4)cc3)cc21. The number of allylic oxidation sites excluding steroid dienone is 1. The van der Waals surface area contributed by atoms with Crippen molar-refractivity contribution in [2.75, 3.05) is 4.90 Å². The molecule has 0 fully saturated rings. The first-order valence-electron chi connectivity index (χ1n) is 19.6. The zero-order valence-electron chi connectivity index (χ0n) is 31.5. The number of aromatic nitrogens is 1. The van der Waals surface area contributed by atoms with Crippen LogP contribution in [0.2, 0.25) is 0 Å². The van der Waals surface area contributed by atoms with Gasteiger partial charge in [0, 0.05) is 55.8 Å². The minimum Gasteiger partial charge on any atom is -0.456 e. The van der Waals surface area contributed by atoms with Crippen LogP contribution < -0.4 is 4.90 Å². The number of furan rings is 1. The molecule has 0 spiro atoms. The Morgan fingerprint density at radius 1 is 0.571 bits per heavy atom. The van der Waals surface area contributed by atoms with E-state index in [0.717, 1.165) is 52.2 Å². The molecule has 2 aliphatic rings. The Labute approximate surface area is 327 Å². The van der Waals surface area contributed by atoms with Gasteiger partial charge < -0.3 is 13.9 Å². The fourth-order valence-corrected chi connectivity index (χ4v) is 9.25. The molecule has 2 heterocycles. The van der Waals surface area contributed by atoms with Crippen LogP contribution in [0.25, 0.3) is 67.2 Å². The lowest BCUT2D eigenvalue weighted by Crippen LogP contribution is -2.16. The highest BCUT2D eigenvalue weighted by Crippen LogP contribution is 2.51. The second-order valence-corrected chi connectivity index (χ2v) is 15.7. The molecular weight excluding hydrogens is 681 g/mol. The van der Waals surface area contributed by atoms with Gasteiger partial charge in [-0.15, -0.1) is 0 Å². The van der Waals surface area contributed by atoms with Crippen LogP contribution in [0.3, 0.4) is 0 Å². The van der Waals surface area contributed by atoms with Crippen LogP contribution in [-0.2, 0) is 11.8 Å². The van der Waals surface area contributed by atoms with Crippen LogP contribution in [0.4, 0.5) is 17.1 Å². The third-order valence-electron chi connectivity index (χ3n) is 12.1. The van der Waals surface area contributed by atoms with Crippen LogP contribution in [0.15, 0.2) is 180 Å². The lowest BCUT2D eigenvalue weighted by Gasteiger charge is -2.28. The van der Waals surface area contributed by atoms with E-state index in [1.807, 2.05) is 12.1 Å². The average molecular weight is 721 g/mol. The van der Waals surface area contributed by atoms with Gasteiger partial charge in [-0.3, -0.25) is 0 Å². The van der Waals surface area contributed by atoms with Gasteiger partial charge in [-0.1, -0.05) is 111 Å². The molecule has 0 unspecified atom stereocenters. The van der Waals surface area contributed by atoms with Gasteiger partial charge >= 0.3 is 0 Å². The van der Waals surface area contributed by atoms with Gasteiger partial charge in [0.2, 0.25) is 0 Å². The molecule has 3 heteroatoms. The number of anilines is 3. The van der Waals surface area contributed by atoms with Crippen molar-refractivity contribution in [3.8, 4) is 39.3 Å². The molecule has 11 rings (SSSR count). The first-order valence-corrected chi connectivity index (χ1v) is 19.6. The molecule has 0 atom stereocenters. The zero-order chi connectivity index (χ0) is 37.4. The largest absolute Gasteiger partial charge is 0.456 e. The highest BCUT2D eigenvalue weighted by molar-refractivity contribution is 5.96. The lowest BCUT2D eigenvalue weighted by atomic mass is 9.82. The van der Waals surface area contributed by atoms with Crippen LogP contribution in [0, 0.1) is 0 Å². The Hall–Kier alpha value is -6.84. The second kappa shape index (κ2) is 12.6. The van der Waals surface area contributed by atoms with Crippen LogP contribution >= 0.6 is 0 Å². The maximum absolute atomic E-state index is 6.25. The van der Waals surface area contributed by atoms with Crippen molar-refractivity contribution >= 4 is 45.0 Å². The summed E-state index contributed by atoms with van der Waals surface area (Å²) in [7, 11) is 0. The quantitative estimate of drug-likeness (QED) is 0.171. The summed E-state index contributed by atoms with van der Waals surface area (Å²) < 4.78 is 8.70. The fraction of sp³-hybridized carbons (Fsp3) is 0.0943. The van der Waals surface area contributed by atoms with E-state index in [2.05, 4.69) is 193 Å². The van der Waals surface area contributed by atoms with E-state index in [-0.39, 0.29) is 5.41 Å². The highest BCUT2D eigenvalue weighted by Gasteiger charge is 2.35. The number of para-hydroxylation sites is 2. The van der Waals surface area contributed by atoms with E-state index in [1.54, 1.807) is 0 Å². The Morgan fingerprint density at radius 2 is 1.25 bits per heavy atom. The van der Waals surface area contributed by atoms with Crippen molar-refractivity contribution in [3.63, 3.8) is 0 Å². The maximum atomic E-state index is 6.25. The molecule has 7 aromatic carbocycles. The van der Waals surface area contributed by atoms with Gasteiger partial charge in [0.25, 0.3) is 0 Å². The van der Waals surface area contributed by atoms with Gasteiger partial charge in [0.1, 0.15) is 11.3 Å². The van der Waals surface area contributed by atoms with Crippen molar-refractivity contribution in [3.05, 3.63) is 198 Å². The summed E-state index contributed by atoms with van der Waals surface area (Å²) >= 11 is 0. The molecule has 3 nitrogen and oxygen atoms in total. The molecule has 0 bridgehead atoms. The molecule has 2 aromatic heterocycles. The monoisotopic (exact) mass is 720 g/mol. The van der Waals surface area contributed by atoms with Gasteiger partial charge in [-0.25, -0.2) is 0 Å².